The van der Waals surface area contributed by atoms with E-state index in [2.05, 4.69) is 0 Å². The van der Waals surface area contributed by atoms with Gasteiger partial charge in [-0.15, -0.1) is 0 Å². The molecule has 1 unspecified atom stereocenters. The Morgan fingerprint density at radius 3 is 2.50 bits per heavy atom. The minimum absolute atomic E-state index is 0.0949. The first-order valence-electron chi connectivity index (χ1n) is 6.70. The van der Waals surface area contributed by atoms with Gasteiger partial charge in [-0.25, -0.2) is 0 Å². The van der Waals surface area contributed by atoms with Crippen molar-refractivity contribution in [2.24, 2.45) is 17.1 Å². The van der Waals surface area contributed by atoms with Crippen LogP contribution < -0.4 is 16.2 Å². The Labute approximate surface area is 119 Å². The van der Waals surface area contributed by atoms with Gasteiger partial charge in [-0.05, 0) is 36.5 Å². The van der Waals surface area contributed by atoms with Gasteiger partial charge in [-0.2, -0.15) is 0 Å². The Morgan fingerprint density at radius 1 is 1.40 bits per heavy atom. The van der Waals surface area contributed by atoms with Crippen LogP contribution in [0.5, 0.6) is 5.75 Å². The van der Waals surface area contributed by atoms with E-state index in [1.807, 2.05) is 19.9 Å². The van der Waals surface area contributed by atoms with Gasteiger partial charge in [0.15, 0.2) is 0 Å². The van der Waals surface area contributed by atoms with Crippen LogP contribution in [0.15, 0.2) is 18.2 Å². The molecule has 0 fully saturated rings. The summed E-state index contributed by atoms with van der Waals surface area (Å²) in [4.78, 5) is 11.7. The molecule has 5 heteroatoms. The summed E-state index contributed by atoms with van der Waals surface area (Å²) in [6.07, 6.45) is 0.869. The molecule has 0 aliphatic rings. The molecule has 0 spiro atoms. The average molecular weight is 280 g/mol. The highest BCUT2D eigenvalue weighted by atomic mass is 16.5. The number of ether oxygens (including phenoxy) is 1. The molecule has 1 aromatic carbocycles. The quantitative estimate of drug-likeness (QED) is 0.662. The predicted octanol–water partition coefficient (Wildman–Crippen LogP) is 1.90. The van der Waals surface area contributed by atoms with Crippen molar-refractivity contribution in [2.45, 2.75) is 26.7 Å². The summed E-state index contributed by atoms with van der Waals surface area (Å²) in [5, 5.41) is 9.59. The predicted molar refractivity (Wildman–Crippen MR) is 79.7 cm³/mol. The first-order chi connectivity index (χ1) is 9.32. The Bertz CT molecular complexity index is 474. The highest BCUT2D eigenvalue weighted by Crippen LogP contribution is 2.32. The van der Waals surface area contributed by atoms with E-state index in [1.165, 1.54) is 0 Å². The fourth-order valence-electron chi connectivity index (χ4n) is 2.56. The van der Waals surface area contributed by atoms with Crippen molar-refractivity contribution in [1.82, 2.24) is 0 Å². The molecule has 1 rings (SSSR count). The van der Waals surface area contributed by atoms with Gasteiger partial charge in [0.2, 0.25) is 0 Å². The number of carboxylic acid groups (broad SMARTS) is 1. The SMILES string of the molecule is COc1cc(N)cc(CC(CN)(CC(C)C)C(=O)O)c1. The third-order valence-electron chi connectivity index (χ3n) is 3.41. The molecule has 0 saturated heterocycles. The van der Waals surface area contributed by atoms with Crippen LogP contribution in [0.3, 0.4) is 0 Å². The molecule has 0 aliphatic carbocycles. The van der Waals surface area contributed by atoms with E-state index in [4.69, 9.17) is 16.2 Å². The molecule has 0 amide bonds. The number of hydrogen-bond acceptors (Lipinski definition) is 4. The van der Waals surface area contributed by atoms with Crippen LogP contribution in [0.2, 0.25) is 0 Å². The maximum atomic E-state index is 11.7. The van der Waals surface area contributed by atoms with Crippen molar-refractivity contribution < 1.29 is 14.6 Å². The number of benzene rings is 1. The van der Waals surface area contributed by atoms with E-state index in [-0.39, 0.29) is 12.5 Å². The van der Waals surface area contributed by atoms with Crippen LogP contribution in [0.4, 0.5) is 5.69 Å². The van der Waals surface area contributed by atoms with Crippen molar-refractivity contribution in [3.63, 3.8) is 0 Å². The van der Waals surface area contributed by atoms with Crippen LogP contribution in [-0.2, 0) is 11.2 Å². The summed E-state index contributed by atoms with van der Waals surface area (Å²) in [6, 6.07) is 5.29. The fraction of sp³-hybridized carbons (Fsp3) is 0.533. The number of nitrogens with two attached hydrogens (primary N) is 2. The van der Waals surface area contributed by atoms with Gasteiger partial charge in [0.1, 0.15) is 5.75 Å². The van der Waals surface area contributed by atoms with E-state index in [0.717, 1.165) is 5.56 Å². The molecule has 0 heterocycles. The number of rotatable bonds is 7. The molecule has 0 radical (unpaired) electrons. The third kappa shape index (κ3) is 3.87. The Hall–Kier alpha value is -1.75. The van der Waals surface area contributed by atoms with E-state index in [9.17, 15) is 9.90 Å². The van der Waals surface area contributed by atoms with E-state index < -0.39 is 11.4 Å². The van der Waals surface area contributed by atoms with Crippen LogP contribution in [-0.4, -0.2) is 24.7 Å². The molecule has 0 aliphatic heterocycles. The monoisotopic (exact) mass is 280 g/mol. The van der Waals surface area contributed by atoms with Gasteiger partial charge in [0.05, 0.1) is 12.5 Å². The third-order valence-corrected chi connectivity index (χ3v) is 3.41. The molecule has 0 bridgehead atoms. The second kappa shape index (κ2) is 6.61. The molecule has 20 heavy (non-hydrogen) atoms. The Kier molecular flexibility index (Phi) is 5.39. The summed E-state index contributed by atoms with van der Waals surface area (Å²) in [6.45, 7) is 4.08. The first kappa shape index (κ1) is 16.3. The minimum atomic E-state index is -0.965. The summed E-state index contributed by atoms with van der Waals surface area (Å²) in [5.74, 6) is 0.00792. The normalized spacial score (nSPS) is 14.1. The fourth-order valence-corrected chi connectivity index (χ4v) is 2.56. The zero-order chi connectivity index (χ0) is 15.3. The van der Waals surface area contributed by atoms with Crippen molar-refractivity contribution in [3.05, 3.63) is 23.8 Å². The average Bonchev–Trinajstić information content (AvgIpc) is 2.36. The molecule has 5 nitrogen and oxygen atoms in total. The number of carbonyl (C=O) groups is 1. The molecular formula is C15H24N2O3. The summed E-state index contributed by atoms with van der Waals surface area (Å²) >= 11 is 0. The van der Waals surface area contributed by atoms with Crippen molar-refractivity contribution in [2.75, 3.05) is 19.4 Å². The lowest BCUT2D eigenvalue weighted by Gasteiger charge is -2.30. The van der Waals surface area contributed by atoms with E-state index >= 15 is 0 Å². The maximum Gasteiger partial charge on any atom is 0.311 e. The second-order valence-corrected chi connectivity index (χ2v) is 5.68. The number of hydrogen-bond donors (Lipinski definition) is 3. The zero-order valence-electron chi connectivity index (χ0n) is 12.3. The molecule has 0 saturated carbocycles. The number of nitrogen functional groups attached to an aromatic ring is 1. The maximum absolute atomic E-state index is 11.7. The van der Waals surface area contributed by atoms with Gasteiger partial charge in [-0.1, -0.05) is 13.8 Å². The summed E-state index contributed by atoms with van der Waals surface area (Å²) < 4.78 is 5.17. The molecule has 1 aromatic rings. The highest BCUT2D eigenvalue weighted by Gasteiger charge is 2.38. The largest absolute Gasteiger partial charge is 0.497 e. The zero-order valence-corrected chi connectivity index (χ0v) is 12.3. The first-order valence-corrected chi connectivity index (χ1v) is 6.70. The van der Waals surface area contributed by atoms with Gasteiger partial charge in [0.25, 0.3) is 0 Å². The van der Waals surface area contributed by atoms with Gasteiger partial charge in [-0.3, -0.25) is 4.79 Å². The molecule has 1 atom stereocenters. The van der Waals surface area contributed by atoms with Gasteiger partial charge >= 0.3 is 5.97 Å². The number of carboxylic acids is 1. The topological polar surface area (TPSA) is 98.6 Å². The molecule has 5 N–H and O–H groups in total. The Balaban J connectivity index is 3.12. The van der Waals surface area contributed by atoms with E-state index in [1.54, 1.807) is 19.2 Å². The lowest BCUT2D eigenvalue weighted by molar-refractivity contribution is -0.149. The standard InChI is InChI=1S/C15H24N2O3/c1-10(2)7-15(9-16,14(18)19)8-11-4-12(17)6-13(5-11)20-3/h4-6,10H,7-9,16-17H2,1-3H3,(H,18,19). The molecule has 112 valence electrons. The smallest absolute Gasteiger partial charge is 0.311 e. The highest BCUT2D eigenvalue weighted by molar-refractivity contribution is 5.75. The Morgan fingerprint density at radius 2 is 2.05 bits per heavy atom. The number of methoxy groups -OCH3 is 1. The van der Waals surface area contributed by atoms with Crippen molar-refractivity contribution >= 4 is 11.7 Å². The second-order valence-electron chi connectivity index (χ2n) is 5.68. The molecular weight excluding hydrogens is 256 g/mol. The lowest BCUT2D eigenvalue weighted by atomic mass is 9.75. The van der Waals surface area contributed by atoms with Gasteiger partial charge < -0.3 is 21.3 Å². The van der Waals surface area contributed by atoms with Crippen LogP contribution in [0, 0.1) is 11.3 Å². The van der Waals surface area contributed by atoms with Crippen molar-refractivity contribution in [3.8, 4) is 5.75 Å². The van der Waals surface area contributed by atoms with Crippen molar-refractivity contribution in [1.29, 1.82) is 0 Å². The minimum Gasteiger partial charge on any atom is -0.497 e. The van der Waals surface area contributed by atoms with E-state index in [0.29, 0.717) is 24.3 Å². The van der Waals surface area contributed by atoms with Gasteiger partial charge in [0, 0.05) is 18.3 Å². The lowest BCUT2D eigenvalue weighted by Crippen LogP contribution is -2.41. The summed E-state index contributed by atoms with van der Waals surface area (Å²) in [7, 11) is 1.56. The van der Waals surface area contributed by atoms with Crippen LogP contribution in [0.1, 0.15) is 25.8 Å². The summed E-state index contributed by atoms with van der Waals surface area (Å²) in [5.41, 5.74) is 12.0. The van der Waals surface area contributed by atoms with Crippen LogP contribution in [0.25, 0.3) is 0 Å². The molecule has 0 aromatic heterocycles. The number of aliphatic carboxylic acids is 1. The number of anilines is 1. The van der Waals surface area contributed by atoms with Crippen LogP contribution >= 0.6 is 0 Å².